The van der Waals surface area contributed by atoms with Gasteiger partial charge in [0.25, 0.3) is 0 Å². The van der Waals surface area contributed by atoms with Gasteiger partial charge in [-0.15, -0.1) is 24.0 Å². The molecule has 1 heterocycles. The fraction of sp³-hybridized carbons (Fsp3) is 0.611. The minimum absolute atomic E-state index is 0. The summed E-state index contributed by atoms with van der Waals surface area (Å²) in [5.74, 6) is 1.27. The maximum Gasteiger partial charge on any atom is 0.193 e. The maximum absolute atomic E-state index is 12.9. The normalized spacial score (nSPS) is 19.0. The highest BCUT2D eigenvalue weighted by atomic mass is 127. The van der Waals surface area contributed by atoms with Crippen molar-refractivity contribution < 1.29 is 9.13 Å². The summed E-state index contributed by atoms with van der Waals surface area (Å²) in [6, 6.07) is 6.55. The molecule has 0 amide bonds. The van der Waals surface area contributed by atoms with E-state index in [1.807, 2.05) is 11.9 Å². The van der Waals surface area contributed by atoms with Gasteiger partial charge in [0, 0.05) is 46.3 Å². The van der Waals surface area contributed by atoms with E-state index in [4.69, 9.17) is 4.74 Å². The Hall–Kier alpha value is -1.13. The van der Waals surface area contributed by atoms with E-state index >= 15 is 0 Å². The Morgan fingerprint density at radius 3 is 2.65 bits per heavy atom. The SMILES string of the molecule is CN=C(NCC1CN(C)CCN1C)N(C)CCOc1ccc(F)cc1.I. The van der Waals surface area contributed by atoms with Crippen molar-refractivity contribution in [1.29, 1.82) is 0 Å². The molecule has 1 fully saturated rings. The lowest BCUT2D eigenvalue weighted by molar-refractivity contribution is 0.116. The van der Waals surface area contributed by atoms with Crippen molar-refractivity contribution in [2.24, 2.45) is 4.99 Å². The number of aliphatic imine (C=N–C) groups is 1. The third kappa shape index (κ3) is 7.24. The molecule has 0 aliphatic carbocycles. The summed E-state index contributed by atoms with van der Waals surface area (Å²) in [5.41, 5.74) is 0. The molecule has 0 spiro atoms. The highest BCUT2D eigenvalue weighted by Crippen LogP contribution is 2.10. The van der Waals surface area contributed by atoms with Gasteiger partial charge < -0.3 is 19.9 Å². The van der Waals surface area contributed by atoms with E-state index in [0.29, 0.717) is 24.9 Å². The lowest BCUT2D eigenvalue weighted by atomic mass is 10.2. The standard InChI is InChI=1S/C18H30FN5O.HI/c1-20-18(21-13-16-14-22(2)9-10-23(16)3)24(4)11-12-25-17-7-5-15(19)6-8-17;/h5-8,16H,9-14H2,1-4H3,(H,20,21);1H. The van der Waals surface area contributed by atoms with E-state index in [1.165, 1.54) is 12.1 Å². The van der Waals surface area contributed by atoms with Crippen LogP contribution >= 0.6 is 24.0 Å². The van der Waals surface area contributed by atoms with Crippen LogP contribution in [0.2, 0.25) is 0 Å². The van der Waals surface area contributed by atoms with Crippen LogP contribution in [-0.2, 0) is 0 Å². The minimum atomic E-state index is -0.257. The molecule has 1 aromatic carbocycles. The first-order valence-electron chi connectivity index (χ1n) is 8.68. The number of ether oxygens (including phenoxy) is 1. The van der Waals surface area contributed by atoms with Gasteiger partial charge in [-0.2, -0.15) is 0 Å². The molecule has 0 aromatic heterocycles. The summed E-state index contributed by atoms with van der Waals surface area (Å²) >= 11 is 0. The van der Waals surface area contributed by atoms with E-state index in [0.717, 1.165) is 32.1 Å². The lowest BCUT2D eigenvalue weighted by Crippen LogP contribution is -2.55. The molecule has 0 bridgehead atoms. The van der Waals surface area contributed by atoms with Gasteiger partial charge in [0.1, 0.15) is 18.2 Å². The van der Waals surface area contributed by atoms with Gasteiger partial charge >= 0.3 is 0 Å². The summed E-state index contributed by atoms with van der Waals surface area (Å²) in [5, 5.41) is 3.45. The minimum Gasteiger partial charge on any atom is -0.492 e. The van der Waals surface area contributed by atoms with E-state index in [-0.39, 0.29) is 29.8 Å². The molecule has 1 aliphatic heterocycles. The predicted molar refractivity (Wildman–Crippen MR) is 115 cm³/mol. The van der Waals surface area contributed by atoms with Gasteiger partial charge in [-0.1, -0.05) is 0 Å². The molecule has 148 valence electrons. The van der Waals surface area contributed by atoms with Gasteiger partial charge in [0.05, 0.1) is 6.54 Å². The van der Waals surface area contributed by atoms with Crippen LogP contribution in [0.15, 0.2) is 29.3 Å². The number of nitrogens with zero attached hydrogens (tertiary/aromatic N) is 4. The van der Waals surface area contributed by atoms with Crippen LogP contribution in [-0.4, -0.2) is 94.2 Å². The number of benzene rings is 1. The average Bonchev–Trinajstić information content (AvgIpc) is 2.60. The Morgan fingerprint density at radius 2 is 2.00 bits per heavy atom. The zero-order valence-electron chi connectivity index (χ0n) is 16.1. The first-order valence-corrected chi connectivity index (χ1v) is 8.68. The molecule has 1 atom stereocenters. The molecule has 0 radical (unpaired) electrons. The zero-order valence-corrected chi connectivity index (χ0v) is 18.4. The number of nitrogens with one attached hydrogen (secondary N) is 1. The Kier molecular flexibility index (Phi) is 10.2. The Balaban J connectivity index is 0.00000338. The van der Waals surface area contributed by atoms with Crippen molar-refractivity contribution in [2.45, 2.75) is 6.04 Å². The summed E-state index contributed by atoms with van der Waals surface area (Å²) in [6.45, 7) is 5.31. The Bertz CT molecular complexity index is 557. The molecule has 0 saturated carbocycles. The van der Waals surface area contributed by atoms with Crippen molar-refractivity contribution in [3.05, 3.63) is 30.1 Å². The topological polar surface area (TPSA) is 43.3 Å². The second kappa shape index (κ2) is 11.6. The smallest absolute Gasteiger partial charge is 0.193 e. The molecule has 1 N–H and O–H groups in total. The average molecular weight is 479 g/mol. The summed E-state index contributed by atoms with van der Waals surface area (Å²) in [7, 11) is 8.10. The molecule has 1 saturated heterocycles. The number of guanidine groups is 1. The molecule has 1 unspecified atom stereocenters. The van der Waals surface area contributed by atoms with Crippen LogP contribution < -0.4 is 10.1 Å². The van der Waals surface area contributed by atoms with E-state index < -0.39 is 0 Å². The fourth-order valence-corrected chi connectivity index (χ4v) is 2.85. The number of rotatable bonds is 6. The monoisotopic (exact) mass is 479 g/mol. The van der Waals surface area contributed by atoms with Gasteiger partial charge in [-0.25, -0.2) is 4.39 Å². The van der Waals surface area contributed by atoms with Crippen molar-refractivity contribution in [2.75, 3.05) is 67.5 Å². The van der Waals surface area contributed by atoms with Gasteiger partial charge in [0.15, 0.2) is 5.96 Å². The number of hydrogen-bond acceptors (Lipinski definition) is 4. The van der Waals surface area contributed by atoms with Gasteiger partial charge in [-0.05, 0) is 38.4 Å². The van der Waals surface area contributed by atoms with Crippen molar-refractivity contribution in [1.82, 2.24) is 20.0 Å². The zero-order chi connectivity index (χ0) is 18.2. The highest BCUT2D eigenvalue weighted by Gasteiger charge is 2.22. The first kappa shape index (κ1) is 22.9. The van der Waals surface area contributed by atoms with Gasteiger partial charge in [0.2, 0.25) is 0 Å². The second-order valence-corrected chi connectivity index (χ2v) is 6.55. The van der Waals surface area contributed by atoms with Crippen molar-refractivity contribution in [3.63, 3.8) is 0 Å². The fourth-order valence-electron chi connectivity index (χ4n) is 2.85. The van der Waals surface area contributed by atoms with Crippen LogP contribution in [0.5, 0.6) is 5.75 Å². The highest BCUT2D eigenvalue weighted by molar-refractivity contribution is 14.0. The maximum atomic E-state index is 12.9. The van der Waals surface area contributed by atoms with E-state index in [1.54, 1.807) is 19.2 Å². The third-order valence-electron chi connectivity index (χ3n) is 4.56. The molecule has 26 heavy (non-hydrogen) atoms. The largest absolute Gasteiger partial charge is 0.492 e. The summed E-state index contributed by atoms with van der Waals surface area (Å²) < 4.78 is 18.5. The number of likely N-dealkylation sites (N-methyl/N-ethyl adjacent to an activating group) is 3. The van der Waals surface area contributed by atoms with Crippen molar-refractivity contribution >= 4 is 29.9 Å². The molecule has 1 aromatic rings. The van der Waals surface area contributed by atoms with Gasteiger partial charge in [-0.3, -0.25) is 9.89 Å². The molecular weight excluding hydrogens is 448 g/mol. The van der Waals surface area contributed by atoms with Crippen LogP contribution in [0.1, 0.15) is 0 Å². The Morgan fingerprint density at radius 1 is 1.31 bits per heavy atom. The molecule has 2 rings (SSSR count). The molecular formula is C18H31FIN5O. The lowest BCUT2D eigenvalue weighted by Gasteiger charge is -2.38. The van der Waals surface area contributed by atoms with E-state index in [9.17, 15) is 4.39 Å². The summed E-state index contributed by atoms with van der Waals surface area (Å²) in [4.78, 5) is 11.1. The predicted octanol–water partition coefficient (Wildman–Crippen LogP) is 1.58. The van der Waals surface area contributed by atoms with Crippen molar-refractivity contribution in [3.8, 4) is 5.75 Å². The number of halogens is 2. The van der Waals surface area contributed by atoms with Crippen LogP contribution in [0.3, 0.4) is 0 Å². The molecule has 1 aliphatic rings. The molecule has 6 nitrogen and oxygen atoms in total. The Labute approximate surface area is 173 Å². The number of hydrogen-bond donors (Lipinski definition) is 1. The quantitative estimate of drug-likeness (QED) is 0.382. The van der Waals surface area contributed by atoms with Crippen LogP contribution in [0, 0.1) is 5.82 Å². The van der Waals surface area contributed by atoms with Crippen LogP contribution in [0.4, 0.5) is 4.39 Å². The molecule has 8 heteroatoms. The first-order chi connectivity index (χ1) is 12.0. The van der Waals surface area contributed by atoms with E-state index in [2.05, 4.69) is 34.2 Å². The number of piperazine rings is 1. The summed E-state index contributed by atoms with van der Waals surface area (Å²) in [6.07, 6.45) is 0. The van der Waals surface area contributed by atoms with Crippen LogP contribution in [0.25, 0.3) is 0 Å². The second-order valence-electron chi connectivity index (χ2n) is 6.55. The third-order valence-corrected chi connectivity index (χ3v) is 4.56.